The molecule has 1 radical (unpaired) electrons. The molecule has 25 valence electrons. The first kappa shape index (κ1) is 0.988. The fraction of sp³-hybridized carbons (Fsp3) is 1.00. The van der Waals surface area contributed by atoms with Crippen LogP contribution in [0.3, 0.4) is 0 Å². The van der Waals surface area contributed by atoms with Crippen LogP contribution in [0, 0.1) is 0 Å². The van der Waals surface area contributed by atoms with Crippen LogP contribution >= 0.6 is 0 Å². The van der Waals surface area contributed by atoms with Crippen molar-refractivity contribution in [2.24, 2.45) is 0 Å². The van der Waals surface area contributed by atoms with Crippen molar-refractivity contribution in [3.63, 3.8) is 0 Å². The van der Waals surface area contributed by atoms with E-state index in [2.05, 4.69) is 4.18 Å². The van der Waals surface area contributed by atoms with E-state index in [0.717, 1.165) is 0 Å². The molecule has 0 saturated carbocycles. The second kappa shape index (κ2) is 2.98. The first-order chi connectivity index (χ1) is 3.06. The largest absolute Gasteiger partial charge is 0.264 e. The van der Waals surface area contributed by atoms with E-state index in [1.807, 2.05) is 0 Å². The summed E-state index contributed by atoms with van der Waals surface area (Å²) in [5.74, 6) is 0. The quantitative estimate of drug-likeness (QED) is 0.408. The first-order valence-electron chi connectivity index (χ1n) is 2.04. The summed E-state index contributed by atoms with van der Waals surface area (Å²) in [6.45, 7) is 0. The van der Waals surface area contributed by atoms with Crippen LogP contribution in [-0.4, -0.2) is 11.2 Å². The monoisotopic (exact) mass is 82.0 g/mol. The summed E-state index contributed by atoms with van der Waals surface area (Å²) in [6, 6.07) is 0. The highest BCUT2D eigenvalue weighted by Crippen LogP contribution is 1.42. The van der Waals surface area contributed by atoms with E-state index in [0.29, 0.717) is 0 Å². The highest BCUT2D eigenvalue weighted by atomic mass is 32.2. The van der Waals surface area contributed by atoms with Crippen molar-refractivity contribution in [2.75, 3.05) is 7.04 Å². The molecule has 0 fully saturated rings. The van der Waals surface area contributed by atoms with Gasteiger partial charge in [-0.3, -0.25) is 4.18 Å². The van der Waals surface area contributed by atoms with Gasteiger partial charge in [0.25, 0.3) is 0 Å². The Hall–Kier alpha value is -0.0200. The van der Waals surface area contributed by atoms with Gasteiger partial charge in [0.05, 0.1) is 11.2 Å². The fourth-order valence-corrected chi connectivity index (χ4v) is 0. The molecule has 2 nitrogen and oxygen atoms in total. The second-order valence-electron chi connectivity index (χ2n) is 0.151. The summed E-state index contributed by atoms with van der Waals surface area (Å²) in [7, 11) is -2.55. The lowest BCUT2D eigenvalue weighted by Gasteiger charge is -1.57. The molecule has 0 unspecified atom stereocenters. The van der Waals surface area contributed by atoms with Crippen LogP contribution in [0.25, 0.3) is 0 Å². The molecule has 0 aliphatic rings. The van der Waals surface area contributed by atoms with Gasteiger partial charge >= 0.3 is 0 Å². The van der Waals surface area contributed by atoms with Gasteiger partial charge in [-0.05, 0) is 0 Å². The number of hydrogen-bond acceptors (Lipinski definition) is 2. The average molecular weight is 82.1 g/mol. The molecular formula is CH3O2S. The van der Waals surface area contributed by atoms with Crippen molar-refractivity contribution in [3.8, 4) is 0 Å². The maximum Gasteiger partial charge on any atom is 0.226 e. The Labute approximate surface area is 32.7 Å². The van der Waals surface area contributed by atoms with Crippen LogP contribution in [0.1, 0.15) is 4.11 Å². The predicted octanol–water partition coefficient (Wildman–Crippen LogP) is -0.239. The molecule has 0 aromatic rings. The minimum Gasteiger partial charge on any atom is -0.264 e. The summed E-state index contributed by atoms with van der Waals surface area (Å²) >= 11 is -0.404. The maximum atomic E-state index is 9.28. The van der Waals surface area contributed by atoms with Crippen LogP contribution in [0.4, 0.5) is 0 Å². The number of rotatable bonds is 1. The van der Waals surface area contributed by atoms with E-state index in [-0.39, 0.29) is 0 Å². The molecule has 3 heteroatoms. The molecule has 0 bridgehead atoms. The van der Waals surface area contributed by atoms with E-state index >= 15 is 0 Å². The van der Waals surface area contributed by atoms with Gasteiger partial charge in [-0.15, -0.1) is 0 Å². The molecule has 0 saturated heterocycles. The summed E-state index contributed by atoms with van der Waals surface area (Å²) in [5.41, 5.74) is 0. The summed E-state index contributed by atoms with van der Waals surface area (Å²) in [4.78, 5) is 0. The average Bonchev–Trinajstić information content (AvgIpc) is 1.30. The Kier molecular flexibility index (Phi) is 0.736. The zero-order valence-electron chi connectivity index (χ0n) is 4.72. The van der Waals surface area contributed by atoms with E-state index in [9.17, 15) is 4.21 Å². The van der Waals surface area contributed by atoms with Crippen LogP contribution in [-0.2, 0) is 16.1 Å². The van der Waals surface area contributed by atoms with Crippen molar-refractivity contribution in [1.29, 1.82) is 0 Å². The zero-order valence-corrected chi connectivity index (χ0v) is 2.54. The third-order valence-electron chi connectivity index (χ3n) is 0.0340. The molecule has 0 aliphatic carbocycles. The van der Waals surface area contributed by atoms with Crippen molar-refractivity contribution in [2.45, 2.75) is 0 Å². The first-order valence-corrected chi connectivity index (χ1v) is 1.20. The summed E-state index contributed by atoms with van der Waals surface area (Å²) in [5, 5.41) is 0. The minimum atomic E-state index is -2.55. The summed E-state index contributed by atoms with van der Waals surface area (Å²) < 4.78 is 31.5. The number of hydrogen-bond donors (Lipinski definition) is 0. The minimum absolute atomic E-state index is 0.404. The van der Waals surface area contributed by atoms with Crippen molar-refractivity contribution in [3.05, 3.63) is 0 Å². The topological polar surface area (TPSA) is 26.3 Å². The van der Waals surface area contributed by atoms with E-state index in [1.165, 1.54) is 0 Å². The van der Waals surface area contributed by atoms with Crippen LogP contribution in [0.2, 0.25) is 0 Å². The molecule has 0 aromatic carbocycles. The lowest BCUT2D eigenvalue weighted by molar-refractivity contribution is 0.461. The predicted molar refractivity (Wildman–Crippen MR) is 15.2 cm³/mol. The van der Waals surface area contributed by atoms with Crippen LogP contribution < -0.4 is 0 Å². The second-order valence-corrected chi connectivity index (χ2v) is 0.454. The molecule has 0 rings (SSSR count). The molecular weight excluding hydrogens is 76.1 g/mol. The Morgan fingerprint density at radius 3 is 3.25 bits per heavy atom. The third-order valence-corrected chi connectivity index (χ3v) is 0.102. The van der Waals surface area contributed by atoms with Gasteiger partial charge in [-0.2, -0.15) is 4.21 Å². The molecule has 4 heavy (non-hydrogen) atoms. The smallest absolute Gasteiger partial charge is 0.226 e. The van der Waals surface area contributed by atoms with Gasteiger partial charge < -0.3 is 0 Å². The SMILES string of the molecule is [2H]C([2H])([2H])O[S]=O. The molecule has 0 atom stereocenters. The highest BCUT2D eigenvalue weighted by molar-refractivity contribution is 7.60. The molecule has 0 aromatic heterocycles. The lowest BCUT2D eigenvalue weighted by Crippen LogP contribution is -1.61. The lowest BCUT2D eigenvalue weighted by atomic mass is 11.8. The van der Waals surface area contributed by atoms with E-state index < -0.39 is 19.0 Å². The molecule has 0 N–H and O–H groups in total. The fourth-order valence-electron chi connectivity index (χ4n) is 0. The van der Waals surface area contributed by atoms with Gasteiger partial charge in [0.2, 0.25) is 11.9 Å². The van der Waals surface area contributed by atoms with Gasteiger partial charge in [0, 0.05) is 0 Å². The normalized spacial score (nSPS) is 20.5. The zero-order chi connectivity index (χ0) is 5.91. The van der Waals surface area contributed by atoms with Crippen LogP contribution in [0.5, 0.6) is 0 Å². The van der Waals surface area contributed by atoms with Crippen molar-refractivity contribution in [1.82, 2.24) is 0 Å². The van der Waals surface area contributed by atoms with Gasteiger partial charge in [0.15, 0.2) is 0 Å². The maximum absolute atomic E-state index is 9.28. The highest BCUT2D eigenvalue weighted by Gasteiger charge is 1.48. The van der Waals surface area contributed by atoms with Gasteiger partial charge in [-0.1, -0.05) is 0 Å². The third kappa shape index (κ3) is 1.98. The molecule has 0 heterocycles. The van der Waals surface area contributed by atoms with Crippen molar-refractivity contribution >= 4 is 11.9 Å². The molecule has 0 aliphatic heterocycles. The van der Waals surface area contributed by atoms with Gasteiger partial charge in [-0.25, -0.2) is 0 Å². The Morgan fingerprint density at radius 1 is 2.50 bits per heavy atom. The van der Waals surface area contributed by atoms with E-state index in [4.69, 9.17) is 4.11 Å². The Morgan fingerprint density at radius 2 is 3.25 bits per heavy atom. The molecule has 0 amide bonds. The molecule has 0 spiro atoms. The van der Waals surface area contributed by atoms with Crippen LogP contribution in [0.15, 0.2) is 0 Å². The Bertz CT molecular complexity index is 67.8. The standard InChI is InChI=1S/CH3O2S/c1-3-4-2/h1H3/i1D3. The Balaban J connectivity index is 3.34. The van der Waals surface area contributed by atoms with Crippen molar-refractivity contribution < 1.29 is 12.5 Å². The van der Waals surface area contributed by atoms with Gasteiger partial charge in [0.1, 0.15) is 0 Å². The van der Waals surface area contributed by atoms with E-state index in [1.54, 1.807) is 0 Å². The summed E-state index contributed by atoms with van der Waals surface area (Å²) in [6.07, 6.45) is 0.